The van der Waals surface area contributed by atoms with Gasteiger partial charge in [-0.3, -0.25) is 33.0 Å². The van der Waals surface area contributed by atoms with Crippen LogP contribution in [-0.2, 0) is 46.3 Å². The fourth-order valence-corrected chi connectivity index (χ4v) is 10.2. The van der Waals surface area contributed by atoms with Gasteiger partial charge in [-0.05, 0) is 12.8 Å². The number of amides is 1. The van der Waals surface area contributed by atoms with Crippen LogP contribution in [0.25, 0.3) is 0 Å². The van der Waals surface area contributed by atoms with Gasteiger partial charge in [0.05, 0.1) is 38.3 Å². The molecule has 394 valence electrons. The van der Waals surface area contributed by atoms with Gasteiger partial charge in [-0.25, -0.2) is 13.9 Å². The third-order valence-corrected chi connectivity index (χ3v) is 14.5. The maximum Gasteiger partial charge on any atom is 0.483 e. The fraction of sp³-hybridized carbons (Fsp3) is 0.860. The molecule has 25 heteroatoms. The number of esters is 1. The van der Waals surface area contributed by atoms with E-state index in [0.717, 1.165) is 93.9 Å². The zero-order valence-corrected chi connectivity index (χ0v) is 41.1. The molecule has 2 aliphatic heterocycles. The second-order valence-corrected chi connectivity index (χ2v) is 20.7. The first-order valence-corrected chi connectivity index (χ1v) is 27.1. The van der Waals surface area contributed by atoms with Crippen LogP contribution < -0.4 is 16.6 Å². The maximum atomic E-state index is 13.4. The molecular formula is C43H77N3O20P2. The van der Waals surface area contributed by atoms with E-state index < -0.39 is 132 Å². The number of nitrogens with one attached hydrogen (secondary N) is 2. The molecule has 0 spiro atoms. The number of H-pyrrole nitrogens is 1. The van der Waals surface area contributed by atoms with Crippen LogP contribution in [0.15, 0.2) is 21.9 Å². The summed E-state index contributed by atoms with van der Waals surface area (Å²) in [6.45, 7) is 2.20. The van der Waals surface area contributed by atoms with E-state index in [2.05, 4.69) is 23.5 Å². The second-order valence-electron chi connectivity index (χ2n) is 17.7. The quantitative estimate of drug-likeness (QED) is 0.0265. The van der Waals surface area contributed by atoms with Gasteiger partial charge in [0.2, 0.25) is 5.91 Å². The Morgan fingerprint density at radius 3 is 1.81 bits per heavy atom. The zero-order valence-electron chi connectivity index (χ0n) is 39.3. The number of hydrogen-bond acceptors (Lipinski definition) is 18. The number of unbranched alkanes of at least 4 members (excludes halogenated alkanes) is 16. The molecule has 2 saturated heterocycles. The molecule has 2 fully saturated rings. The summed E-state index contributed by atoms with van der Waals surface area (Å²) in [6, 6.07) is -0.977. The standard InChI is InChI=1S/C43H77N3O20P2/c1-3-5-7-9-11-13-15-17-19-21-29(48)25-34(51)44-36-40(64-35(52)26-30(49)22-20-18-16-14-12-10-8-6-4-2)38(54)31(27-47)63-42(36)65-68(59,60)66-67(57,58)61-28-32-37(53)39(55)41(62-32)46-24-23-33(50)45-43(46)56/h23-24,29-32,36-42,47-49,53-55H,3-22,25-28H2,1-2H3,(H,44,51)(H,57,58)(H,59,60)(H,45,50,56)/t29?,30?,31-,32-,36-,37-,38-,39-,40-,41-,42-/m1/s1. The summed E-state index contributed by atoms with van der Waals surface area (Å²) in [5.41, 5.74) is -1.79. The highest BCUT2D eigenvalue weighted by atomic mass is 31.3. The van der Waals surface area contributed by atoms with Crippen molar-refractivity contribution < 1.29 is 86.7 Å². The minimum absolute atomic E-state index is 0.245. The van der Waals surface area contributed by atoms with Crippen molar-refractivity contribution in [1.82, 2.24) is 14.9 Å². The first-order valence-electron chi connectivity index (χ1n) is 24.1. The summed E-state index contributed by atoms with van der Waals surface area (Å²) >= 11 is 0. The van der Waals surface area contributed by atoms with Crippen molar-refractivity contribution in [3.63, 3.8) is 0 Å². The Balaban J connectivity index is 1.70. The largest absolute Gasteiger partial charge is 0.483 e. The number of carbonyl (C=O) groups is 2. The highest BCUT2D eigenvalue weighted by Gasteiger charge is 2.52. The van der Waals surface area contributed by atoms with Crippen molar-refractivity contribution in [1.29, 1.82) is 0 Å². The van der Waals surface area contributed by atoms with Gasteiger partial charge in [0.25, 0.3) is 5.56 Å². The minimum atomic E-state index is -5.89. The summed E-state index contributed by atoms with van der Waals surface area (Å²) in [5, 5.41) is 66.1. The Bertz CT molecular complexity index is 1840. The molecule has 0 radical (unpaired) electrons. The number of ether oxygens (including phenoxy) is 3. The lowest BCUT2D eigenvalue weighted by Crippen LogP contribution is -2.65. The number of aromatic amines is 1. The van der Waals surface area contributed by atoms with E-state index in [1.165, 1.54) is 25.7 Å². The molecule has 0 aliphatic carbocycles. The molecule has 3 heterocycles. The second kappa shape index (κ2) is 31.1. The molecule has 0 saturated carbocycles. The Kier molecular flexibility index (Phi) is 27.4. The van der Waals surface area contributed by atoms with E-state index in [-0.39, 0.29) is 12.8 Å². The number of phosphoric ester groups is 2. The van der Waals surface area contributed by atoms with Crippen molar-refractivity contribution in [2.24, 2.45) is 0 Å². The smallest absolute Gasteiger partial charge is 0.457 e. The first-order chi connectivity index (χ1) is 32.3. The average Bonchev–Trinajstić information content (AvgIpc) is 3.54. The minimum Gasteiger partial charge on any atom is -0.457 e. The lowest BCUT2D eigenvalue weighted by atomic mass is 9.96. The summed E-state index contributed by atoms with van der Waals surface area (Å²) in [6.07, 6.45) is 1.76. The molecule has 1 aromatic rings. The normalized spacial score (nSPS) is 26.7. The van der Waals surface area contributed by atoms with Crippen molar-refractivity contribution in [2.45, 2.75) is 222 Å². The fourth-order valence-electron chi connectivity index (χ4n) is 8.08. The topological polar surface area (TPSA) is 352 Å². The lowest BCUT2D eigenvalue weighted by Gasteiger charge is -2.43. The number of aliphatic hydroxyl groups is 6. The number of aliphatic hydroxyl groups excluding tert-OH is 6. The molecule has 13 atom stereocenters. The highest BCUT2D eigenvalue weighted by molar-refractivity contribution is 7.61. The van der Waals surface area contributed by atoms with E-state index in [9.17, 15) is 68.7 Å². The third-order valence-electron chi connectivity index (χ3n) is 11.9. The zero-order chi connectivity index (χ0) is 50.3. The van der Waals surface area contributed by atoms with E-state index in [1.807, 2.05) is 4.98 Å². The lowest BCUT2D eigenvalue weighted by molar-refractivity contribution is -0.253. The van der Waals surface area contributed by atoms with E-state index >= 15 is 0 Å². The van der Waals surface area contributed by atoms with Crippen molar-refractivity contribution in [3.8, 4) is 0 Å². The number of carbonyl (C=O) groups excluding carboxylic acids is 2. The van der Waals surface area contributed by atoms with E-state index in [0.29, 0.717) is 12.8 Å². The van der Waals surface area contributed by atoms with Gasteiger partial charge in [0, 0.05) is 12.3 Å². The maximum absolute atomic E-state index is 13.4. The van der Waals surface area contributed by atoms with Gasteiger partial charge < -0.3 is 60.0 Å². The molecule has 23 nitrogen and oxygen atoms in total. The van der Waals surface area contributed by atoms with Gasteiger partial charge in [0.15, 0.2) is 18.6 Å². The first kappa shape index (κ1) is 59.9. The molecule has 1 aromatic heterocycles. The molecule has 68 heavy (non-hydrogen) atoms. The van der Waals surface area contributed by atoms with Crippen molar-refractivity contribution in [2.75, 3.05) is 13.2 Å². The van der Waals surface area contributed by atoms with Crippen LogP contribution in [0.3, 0.4) is 0 Å². The number of aromatic nitrogens is 2. The van der Waals surface area contributed by atoms with Crippen molar-refractivity contribution >= 4 is 27.5 Å². The summed E-state index contributed by atoms with van der Waals surface area (Å²) in [7, 11) is -11.6. The molecule has 0 aromatic carbocycles. The van der Waals surface area contributed by atoms with Gasteiger partial charge in [-0.1, -0.05) is 129 Å². The van der Waals surface area contributed by atoms with Crippen molar-refractivity contribution in [3.05, 3.63) is 33.1 Å². The van der Waals surface area contributed by atoms with Crippen LogP contribution in [0.4, 0.5) is 0 Å². The van der Waals surface area contributed by atoms with Gasteiger partial charge in [-0.2, -0.15) is 4.31 Å². The molecular weight excluding hydrogens is 940 g/mol. The molecule has 0 bridgehead atoms. The van der Waals surface area contributed by atoms with Crippen LogP contribution in [0.1, 0.15) is 161 Å². The number of phosphoric acid groups is 2. The number of hydrogen-bond donors (Lipinski definition) is 10. The Hall–Kier alpha value is -2.44. The predicted molar refractivity (Wildman–Crippen MR) is 244 cm³/mol. The summed E-state index contributed by atoms with van der Waals surface area (Å²) in [5.74, 6) is -1.98. The predicted octanol–water partition coefficient (Wildman–Crippen LogP) is 3.22. The third kappa shape index (κ3) is 21.5. The van der Waals surface area contributed by atoms with E-state index in [1.54, 1.807) is 0 Å². The van der Waals surface area contributed by atoms with Crippen LogP contribution in [0, 0.1) is 0 Å². The van der Waals surface area contributed by atoms with Gasteiger partial charge in [0.1, 0.15) is 36.6 Å². The monoisotopic (exact) mass is 1020 g/mol. The van der Waals surface area contributed by atoms with Crippen LogP contribution >= 0.6 is 15.6 Å². The molecule has 2 aliphatic rings. The molecule has 10 N–H and O–H groups in total. The van der Waals surface area contributed by atoms with E-state index in [4.69, 9.17) is 23.3 Å². The van der Waals surface area contributed by atoms with Gasteiger partial charge in [-0.15, -0.1) is 0 Å². The van der Waals surface area contributed by atoms with Crippen LogP contribution in [0.5, 0.6) is 0 Å². The molecule has 1 amide bonds. The van der Waals surface area contributed by atoms with Crippen LogP contribution in [-0.4, -0.2) is 136 Å². The summed E-state index contributed by atoms with van der Waals surface area (Å²) in [4.78, 5) is 73.5. The average molecular weight is 1020 g/mol. The SMILES string of the molecule is CCCCCCCCCCCC(O)CC(=O)N[C@H]1[C@@H](OP(=O)(O)OP(=O)(O)OC[C@H]2O[C@@H](n3ccc(=O)[nH]c3=O)[C@H](O)[C@@H]2O)O[C@H](CO)[C@@H](O)[C@@H]1OC(=O)CC(O)CCCCCCCCCCC. The Labute approximate surface area is 397 Å². The highest BCUT2D eigenvalue weighted by Crippen LogP contribution is 2.61. The number of rotatable bonds is 35. The Morgan fingerprint density at radius 2 is 1.28 bits per heavy atom. The molecule has 3 rings (SSSR count). The molecule has 4 unspecified atom stereocenters. The van der Waals surface area contributed by atoms with Gasteiger partial charge >= 0.3 is 27.3 Å². The Morgan fingerprint density at radius 1 is 0.750 bits per heavy atom. The summed E-state index contributed by atoms with van der Waals surface area (Å²) < 4.78 is 57.8. The van der Waals surface area contributed by atoms with Crippen LogP contribution in [0.2, 0.25) is 0 Å². The number of nitrogens with zero attached hydrogens (tertiary/aromatic N) is 1.